The monoisotopic (exact) mass is 375 g/mol. The summed E-state index contributed by atoms with van der Waals surface area (Å²) in [6.07, 6.45) is 6.06. The zero-order valence-electron chi connectivity index (χ0n) is 15.4. The van der Waals surface area contributed by atoms with Crippen molar-refractivity contribution in [1.29, 1.82) is 0 Å². The fourth-order valence-electron chi connectivity index (χ4n) is 3.88. The molecule has 2 fully saturated rings. The molecule has 0 radical (unpaired) electrons. The lowest BCUT2D eigenvalue weighted by Gasteiger charge is -2.35. The molecule has 3 unspecified atom stereocenters. The first-order valence-corrected chi connectivity index (χ1v) is 10.9. The van der Waals surface area contributed by atoms with E-state index in [1.807, 2.05) is 41.5 Å². The molecule has 0 spiro atoms. The van der Waals surface area contributed by atoms with Gasteiger partial charge in [-0.1, -0.05) is 30.3 Å². The summed E-state index contributed by atoms with van der Waals surface area (Å²) in [4.78, 5) is 27.2. The van der Waals surface area contributed by atoms with E-state index in [0.717, 1.165) is 50.9 Å². The number of nitrogens with one attached hydrogen (secondary N) is 2. The van der Waals surface area contributed by atoms with Crippen LogP contribution in [0.3, 0.4) is 0 Å². The van der Waals surface area contributed by atoms with Gasteiger partial charge in [0, 0.05) is 19.6 Å². The molecule has 2 aliphatic heterocycles. The Balaban J connectivity index is 1.53. The maximum Gasteiger partial charge on any atom is 0.240 e. The highest BCUT2D eigenvalue weighted by molar-refractivity contribution is 7.99. The van der Waals surface area contributed by atoms with E-state index < -0.39 is 0 Å². The molecule has 2 aliphatic rings. The van der Waals surface area contributed by atoms with E-state index in [4.69, 9.17) is 0 Å². The second-order valence-corrected chi connectivity index (χ2v) is 8.16. The highest BCUT2D eigenvalue weighted by Crippen LogP contribution is 2.30. The van der Waals surface area contributed by atoms with Crippen molar-refractivity contribution in [2.75, 3.05) is 32.4 Å². The highest BCUT2D eigenvalue weighted by Gasteiger charge is 2.30. The number of carbonyl (C=O) groups is 2. The van der Waals surface area contributed by atoms with Gasteiger partial charge in [0.1, 0.15) is 5.25 Å². The van der Waals surface area contributed by atoms with Crippen LogP contribution < -0.4 is 10.6 Å². The van der Waals surface area contributed by atoms with E-state index in [1.54, 1.807) is 11.8 Å². The fourth-order valence-corrected chi connectivity index (χ4v) is 4.66. The molecule has 0 aromatic heterocycles. The van der Waals surface area contributed by atoms with E-state index in [9.17, 15) is 9.59 Å². The molecule has 26 heavy (non-hydrogen) atoms. The van der Waals surface area contributed by atoms with Gasteiger partial charge in [0.2, 0.25) is 11.8 Å². The minimum atomic E-state index is -0.146. The number of benzene rings is 1. The lowest BCUT2D eigenvalue weighted by atomic mass is 9.97. The predicted octanol–water partition coefficient (Wildman–Crippen LogP) is 2.20. The second kappa shape index (κ2) is 9.42. The molecule has 0 saturated carbocycles. The van der Waals surface area contributed by atoms with Crippen molar-refractivity contribution in [3.63, 3.8) is 0 Å². The molecule has 5 nitrogen and oxygen atoms in total. The summed E-state index contributed by atoms with van der Waals surface area (Å²) in [6, 6.07) is 9.96. The summed E-state index contributed by atoms with van der Waals surface area (Å²) < 4.78 is 0. The Morgan fingerprint density at radius 1 is 1.27 bits per heavy atom. The second-order valence-electron chi connectivity index (χ2n) is 7.21. The number of nitrogens with zero attached hydrogens (tertiary/aromatic N) is 1. The third-order valence-electron chi connectivity index (χ3n) is 5.33. The van der Waals surface area contributed by atoms with Gasteiger partial charge in [-0.2, -0.15) is 0 Å². The lowest BCUT2D eigenvalue weighted by molar-refractivity contribution is -0.132. The van der Waals surface area contributed by atoms with Crippen LogP contribution in [0.4, 0.5) is 0 Å². The van der Waals surface area contributed by atoms with Crippen LogP contribution in [0, 0.1) is 5.92 Å². The first kappa shape index (κ1) is 19.2. The topological polar surface area (TPSA) is 61.4 Å². The lowest BCUT2D eigenvalue weighted by Crippen LogP contribution is -2.47. The van der Waals surface area contributed by atoms with E-state index in [2.05, 4.69) is 10.6 Å². The molecule has 3 atom stereocenters. The Bertz CT molecular complexity index is 604. The number of carbonyl (C=O) groups excluding carboxylic acids is 2. The van der Waals surface area contributed by atoms with Gasteiger partial charge in [0.15, 0.2) is 0 Å². The highest BCUT2D eigenvalue weighted by atomic mass is 32.2. The minimum Gasteiger partial charge on any atom is -0.354 e. The summed E-state index contributed by atoms with van der Waals surface area (Å²) >= 11 is 1.59. The molecule has 2 saturated heterocycles. The van der Waals surface area contributed by atoms with Crippen LogP contribution in [0.1, 0.15) is 36.5 Å². The maximum absolute atomic E-state index is 13.0. The van der Waals surface area contributed by atoms with Crippen molar-refractivity contribution < 1.29 is 9.59 Å². The van der Waals surface area contributed by atoms with Gasteiger partial charge in [-0.05, 0) is 50.0 Å². The van der Waals surface area contributed by atoms with E-state index in [0.29, 0.717) is 12.5 Å². The molecule has 2 N–H and O–H groups in total. The van der Waals surface area contributed by atoms with Crippen LogP contribution in [-0.4, -0.2) is 55.2 Å². The third-order valence-corrected chi connectivity index (χ3v) is 6.28. The number of amides is 2. The molecule has 2 amide bonds. The molecular weight excluding hydrogens is 346 g/mol. The Labute approximate surface area is 160 Å². The normalized spacial score (nSPS) is 24.3. The number of hydrogen-bond acceptors (Lipinski definition) is 4. The quantitative estimate of drug-likeness (QED) is 0.800. The molecule has 0 aliphatic carbocycles. The number of likely N-dealkylation sites (tertiary alicyclic amines) is 1. The number of rotatable bonds is 6. The summed E-state index contributed by atoms with van der Waals surface area (Å²) in [5, 5.41) is 6.17. The van der Waals surface area contributed by atoms with Crippen molar-refractivity contribution in [3.8, 4) is 0 Å². The van der Waals surface area contributed by atoms with E-state index in [1.165, 1.54) is 0 Å². The molecular formula is C20H29N3O2S. The van der Waals surface area contributed by atoms with Crippen molar-refractivity contribution >= 4 is 23.6 Å². The van der Waals surface area contributed by atoms with Crippen molar-refractivity contribution in [1.82, 2.24) is 15.5 Å². The SMILES string of the molecule is CSC(C(=O)N1CCCC(CNC(=O)C2CCCN2)C1)c1ccccc1. The Hall–Kier alpha value is -1.53. The first-order valence-electron chi connectivity index (χ1n) is 9.56. The first-order chi connectivity index (χ1) is 12.7. The number of hydrogen-bond donors (Lipinski definition) is 2. The van der Waals surface area contributed by atoms with Gasteiger partial charge in [-0.3, -0.25) is 9.59 Å². The third kappa shape index (κ3) is 4.80. The molecule has 3 rings (SSSR count). The van der Waals surface area contributed by atoms with E-state index >= 15 is 0 Å². The van der Waals surface area contributed by atoms with Crippen LogP contribution in [0.2, 0.25) is 0 Å². The van der Waals surface area contributed by atoms with Crippen LogP contribution in [0.25, 0.3) is 0 Å². The number of piperidine rings is 1. The molecule has 6 heteroatoms. The average Bonchev–Trinajstić information content (AvgIpc) is 3.23. The van der Waals surface area contributed by atoms with Crippen LogP contribution in [-0.2, 0) is 9.59 Å². The van der Waals surface area contributed by atoms with Gasteiger partial charge in [-0.15, -0.1) is 11.8 Å². The van der Waals surface area contributed by atoms with Crippen LogP contribution in [0.15, 0.2) is 30.3 Å². The number of thioether (sulfide) groups is 1. The summed E-state index contributed by atoms with van der Waals surface area (Å²) in [6.45, 7) is 3.15. The Morgan fingerprint density at radius 3 is 2.77 bits per heavy atom. The van der Waals surface area contributed by atoms with Gasteiger partial charge in [0.05, 0.1) is 6.04 Å². The minimum absolute atomic E-state index is 0.0321. The molecule has 1 aromatic rings. The van der Waals surface area contributed by atoms with Crippen molar-refractivity contribution in [2.45, 2.75) is 37.0 Å². The van der Waals surface area contributed by atoms with Gasteiger partial charge < -0.3 is 15.5 Å². The van der Waals surface area contributed by atoms with Crippen LogP contribution in [0.5, 0.6) is 0 Å². The largest absolute Gasteiger partial charge is 0.354 e. The van der Waals surface area contributed by atoms with Gasteiger partial charge in [-0.25, -0.2) is 0 Å². The molecule has 2 heterocycles. The molecule has 142 valence electrons. The van der Waals surface area contributed by atoms with Gasteiger partial charge in [0.25, 0.3) is 0 Å². The average molecular weight is 376 g/mol. The smallest absolute Gasteiger partial charge is 0.240 e. The summed E-state index contributed by atoms with van der Waals surface area (Å²) in [5.41, 5.74) is 1.06. The standard InChI is InChI=1S/C20H29N3O2S/c1-26-18(16-8-3-2-4-9-16)20(25)23-12-6-7-15(14-23)13-22-19(24)17-10-5-11-21-17/h2-4,8-9,15,17-18,21H,5-7,10-14H2,1H3,(H,22,24). The Morgan fingerprint density at radius 2 is 2.08 bits per heavy atom. The van der Waals surface area contributed by atoms with E-state index in [-0.39, 0.29) is 23.1 Å². The van der Waals surface area contributed by atoms with Gasteiger partial charge >= 0.3 is 0 Å². The molecule has 0 bridgehead atoms. The Kier molecular flexibility index (Phi) is 6.97. The maximum atomic E-state index is 13.0. The van der Waals surface area contributed by atoms with Crippen LogP contribution >= 0.6 is 11.8 Å². The predicted molar refractivity (Wildman–Crippen MR) is 106 cm³/mol. The fraction of sp³-hybridized carbons (Fsp3) is 0.600. The zero-order chi connectivity index (χ0) is 18.4. The summed E-state index contributed by atoms with van der Waals surface area (Å²) in [5.74, 6) is 0.644. The zero-order valence-corrected chi connectivity index (χ0v) is 16.3. The summed E-state index contributed by atoms with van der Waals surface area (Å²) in [7, 11) is 0. The van der Waals surface area contributed by atoms with Crippen molar-refractivity contribution in [2.24, 2.45) is 5.92 Å². The van der Waals surface area contributed by atoms with Crippen molar-refractivity contribution in [3.05, 3.63) is 35.9 Å². The molecule has 1 aromatic carbocycles.